The molecule has 7 atom stereocenters. The smallest absolute Gasteiger partial charge is 0.328 e. The van der Waals surface area contributed by atoms with Crippen molar-refractivity contribution in [2.24, 2.45) is 33.7 Å². The molecule has 244 valence electrons. The molecule has 12 nitrogen and oxygen atoms in total. The van der Waals surface area contributed by atoms with E-state index in [1.165, 1.54) is 25.7 Å². The number of carbonyl (C=O) groups is 3. The number of methoxy groups -OCH3 is 1. The van der Waals surface area contributed by atoms with Crippen LogP contribution >= 0.6 is 0 Å². The minimum atomic E-state index is -1.22. The minimum absolute atomic E-state index is 0.00854. The molecule has 1 aromatic carbocycles. The van der Waals surface area contributed by atoms with Crippen molar-refractivity contribution in [3.05, 3.63) is 45.5 Å². The molecule has 0 unspecified atom stereocenters. The first kappa shape index (κ1) is 32.6. The van der Waals surface area contributed by atoms with Gasteiger partial charge >= 0.3 is 11.7 Å². The summed E-state index contributed by atoms with van der Waals surface area (Å²) in [6, 6.07) is 2.60. The van der Waals surface area contributed by atoms with Gasteiger partial charge in [-0.3, -0.25) is 19.7 Å². The lowest BCUT2D eigenvalue weighted by Crippen LogP contribution is -2.57. The highest BCUT2D eigenvalue weighted by Gasteiger charge is 2.65. The van der Waals surface area contributed by atoms with Crippen LogP contribution in [-0.4, -0.2) is 63.9 Å². The largest absolute Gasteiger partial charge is 0.502 e. The quantitative estimate of drug-likeness (QED) is 0.207. The normalized spacial score (nSPS) is 33.6. The molecule has 0 aliphatic heterocycles. The third-order valence-electron chi connectivity index (χ3n) is 11.6. The summed E-state index contributed by atoms with van der Waals surface area (Å²) in [5.41, 5.74) is 0.345. The summed E-state index contributed by atoms with van der Waals surface area (Å²) in [7, 11) is 1.17. The number of benzene rings is 1. The lowest BCUT2D eigenvalue weighted by molar-refractivity contribution is -0.385. The summed E-state index contributed by atoms with van der Waals surface area (Å²) in [4.78, 5) is 53.3. The number of hydrogen-bond acceptors (Lipinski definition) is 10. The Hall–Kier alpha value is -3.80. The third kappa shape index (κ3) is 5.73. The molecule has 12 heteroatoms. The number of allylic oxidation sites excluding steroid dienone is 2. The number of hydrogen-bond donors (Lipinski definition) is 3. The summed E-state index contributed by atoms with van der Waals surface area (Å²) in [6.07, 6.45) is 8.78. The molecule has 4 aliphatic carbocycles. The molecule has 1 amide bonds. The molecule has 3 saturated carbocycles. The number of amides is 1. The van der Waals surface area contributed by atoms with E-state index in [0.717, 1.165) is 56.4 Å². The zero-order valence-electron chi connectivity index (χ0n) is 26.3. The van der Waals surface area contributed by atoms with Crippen molar-refractivity contribution < 1.29 is 39.1 Å². The second kappa shape index (κ2) is 12.2. The molecule has 0 radical (unpaired) electrons. The highest BCUT2D eigenvalue weighted by atomic mass is 16.6. The van der Waals surface area contributed by atoms with E-state index in [4.69, 9.17) is 9.57 Å². The molecule has 0 spiro atoms. The summed E-state index contributed by atoms with van der Waals surface area (Å²) < 4.78 is 4.79. The van der Waals surface area contributed by atoms with Gasteiger partial charge < -0.3 is 25.1 Å². The van der Waals surface area contributed by atoms with Gasteiger partial charge in [0.25, 0.3) is 5.91 Å². The monoisotopic (exact) mass is 625 g/mol. The fraction of sp³-hybridized carbons (Fsp3) is 0.636. The Morgan fingerprint density at radius 2 is 1.87 bits per heavy atom. The van der Waals surface area contributed by atoms with Crippen molar-refractivity contribution in [1.82, 2.24) is 5.32 Å². The van der Waals surface area contributed by atoms with Gasteiger partial charge in [-0.05, 0) is 99.2 Å². The molecule has 0 aromatic heterocycles. The molecule has 4 aliphatic rings. The number of oxime groups is 1. The zero-order valence-corrected chi connectivity index (χ0v) is 26.3. The number of carbonyl (C=O) groups excluding carboxylic acids is 3. The zero-order chi connectivity index (χ0) is 32.7. The average molecular weight is 626 g/mol. The number of phenolic OH excluding ortho intramolecular Hbond substituents is 1. The van der Waals surface area contributed by atoms with Gasteiger partial charge in [0.15, 0.2) is 18.1 Å². The summed E-state index contributed by atoms with van der Waals surface area (Å²) in [5.74, 6) is -0.674. The minimum Gasteiger partial charge on any atom is -0.502 e. The van der Waals surface area contributed by atoms with Crippen LogP contribution in [0.3, 0.4) is 0 Å². The number of ether oxygens (including phenoxy) is 1. The molecule has 45 heavy (non-hydrogen) atoms. The molecule has 0 saturated heterocycles. The first-order valence-corrected chi connectivity index (χ1v) is 15.7. The number of aromatic hydroxyl groups is 1. The lowest BCUT2D eigenvalue weighted by atomic mass is 9.46. The van der Waals surface area contributed by atoms with Gasteiger partial charge in [-0.15, -0.1) is 0 Å². The molecule has 1 aromatic rings. The molecule has 3 fully saturated rings. The van der Waals surface area contributed by atoms with Crippen LogP contribution in [-0.2, 0) is 30.4 Å². The second-order valence-corrected chi connectivity index (χ2v) is 13.7. The predicted octanol–water partition coefficient (Wildman–Crippen LogP) is 4.16. The van der Waals surface area contributed by atoms with E-state index in [1.807, 2.05) is 0 Å². The van der Waals surface area contributed by atoms with Crippen molar-refractivity contribution in [3.8, 4) is 5.75 Å². The lowest BCUT2D eigenvalue weighted by Gasteiger charge is -2.59. The Kier molecular flexibility index (Phi) is 8.82. The number of nitrogens with zero attached hydrogens (tertiary/aromatic N) is 2. The molecular weight excluding hydrogens is 582 g/mol. The number of nitrogens with one attached hydrogen (secondary N) is 1. The van der Waals surface area contributed by atoms with Crippen molar-refractivity contribution in [2.45, 2.75) is 90.2 Å². The van der Waals surface area contributed by atoms with Crippen LogP contribution in [0.2, 0.25) is 0 Å². The van der Waals surface area contributed by atoms with E-state index in [9.17, 15) is 34.7 Å². The van der Waals surface area contributed by atoms with E-state index in [0.29, 0.717) is 36.2 Å². The Morgan fingerprint density at radius 1 is 1.13 bits per heavy atom. The SMILES string of the molecule is COC(=O)[C@H](Cc1ccc(O)c([N+](=O)[O-])c1)NC(=O)CO/N=C1/C=C2CC[C@@H]3[C@H]4CC[C@](O)(C(C)=O)[C@@]4(C)CC[C@@H]3[C@@]2(C)CC1. The third-order valence-corrected chi connectivity index (χ3v) is 11.6. The molecule has 3 N–H and O–H groups in total. The van der Waals surface area contributed by atoms with Crippen molar-refractivity contribution in [1.29, 1.82) is 0 Å². The molecule has 5 rings (SSSR count). The van der Waals surface area contributed by atoms with Crippen LogP contribution in [0.15, 0.2) is 35.0 Å². The summed E-state index contributed by atoms with van der Waals surface area (Å²) >= 11 is 0. The first-order chi connectivity index (χ1) is 21.2. The maximum atomic E-state index is 12.7. The molecular formula is C33H43N3O9. The standard InChI is InChI=1S/C33H43N3O9/c1-19(37)33(41)14-11-25-23-7-6-21-17-22(9-12-31(21,2)24(23)10-13-32(25,33)3)35-45-18-29(39)34-26(30(40)44-4)15-20-5-8-28(38)27(16-20)36(42)43/h5,8,16-17,23-26,38,41H,6-7,9-15,18H2,1-4H3,(H,34,39)/b35-22+/t23-,24-,25+,26-,31-,32-,33-/m0/s1. The van der Waals surface area contributed by atoms with Crippen LogP contribution < -0.4 is 5.32 Å². The number of phenols is 1. The van der Waals surface area contributed by atoms with E-state index in [-0.39, 0.29) is 23.0 Å². The van der Waals surface area contributed by atoms with Gasteiger partial charge in [-0.1, -0.05) is 30.6 Å². The topological polar surface area (TPSA) is 178 Å². The number of ketones is 1. The predicted molar refractivity (Wildman–Crippen MR) is 163 cm³/mol. The van der Waals surface area contributed by atoms with Crippen LogP contribution in [0.1, 0.15) is 77.7 Å². The fourth-order valence-electron chi connectivity index (χ4n) is 9.06. The van der Waals surface area contributed by atoms with Crippen LogP contribution in [0.25, 0.3) is 0 Å². The van der Waals surface area contributed by atoms with Crippen LogP contribution in [0.4, 0.5) is 5.69 Å². The summed E-state index contributed by atoms with van der Waals surface area (Å²) in [6.45, 7) is 5.56. The Bertz CT molecular complexity index is 1460. The van der Waals surface area contributed by atoms with Crippen LogP contribution in [0, 0.1) is 38.7 Å². The number of Topliss-reactive ketones (excluding diaryl/α,β-unsaturated/α-hetero) is 1. The average Bonchev–Trinajstić information content (AvgIpc) is 3.28. The number of aliphatic hydroxyl groups is 1. The van der Waals surface area contributed by atoms with Crippen molar-refractivity contribution in [3.63, 3.8) is 0 Å². The number of rotatable bonds is 9. The van der Waals surface area contributed by atoms with Gasteiger partial charge in [0.05, 0.1) is 17.7 Å². The molecule has 0 bridgehead atoms. The van der Waals surface area contributed by atoms with Crippen molar-refractivity contribution in [2.75, 3.05) is 13.7 Å². The van der Waals surface area contributed by atoms with Gasteiger partial charge in [0.1, 0.15) is 11.6 Å². The highest BCUT2D eigenvalue weighted by molar-refractivity contribution is 5.96. The Morgan fingerprint density at radius 3 is 2.56 bits per heavy atom. The summed E-state index contributed by atoms with van der Waals surface area (Å²) in [5, 5.41) is 39.0. The number of nitro benzene ring substituents is 1. The van der Waals surface area contributed by atoms with Crippen LogP contribution in [0.5, 0.6) is 5.75 Å². The maximum Gasteiger partial charge on any atom is 0.328 e. The number of esters is 1. The van der Waals surface area contributed by atoms with E-state index < -0.39 is 46.5 Å². The molecule has 0 heterocycles. The van der Waals surface area contributed by atoms with E-state index >= 15 is 0 Å². The van der Waals surface area contributed by atoms with E-state index in [1.54, 1.807) is 0 Å². The van der Waals surface area contributed by atoms with Gasteiger partial charge in [0.2, 0.25) is 0 Å². The fourth-order valence-corrected chi connectivity index (χ4v) is 9.06. The Labute approximate surface area is 262 Å². The van der Waals surface area contributed by atoms with Crippen molar-refractivity contribution >= 4 is 29.1 Å². The van der Waals surface area contributed by atoms with E-state index in [2.05, 4.69) is 30.4 Å². The van der Waals surface area contributed by atoms with Gasteiger partial charge in [-0.25, -0.2) is 4.79 Å². The Balaban J connectivity index is 1.20. The maximum absolute atomic E-state index is 12.7. The first-order valence-electron chi connectivity index (χ1n) is 15.7. The number of nitro groups is 1. The van der Waals surface area contributed by atoms with Gasteiger partial charge in [-0.2, -0.15) is 0 Å². The second-order valence-electron chi connectivity index (χ2n) is 13.7. The number of fused-ring (bicyclic) bond motifs is 5. The van der Waals surface area contributed by atoms with Gasteiger partial charge in [0, 0.05) is 17.9 Å². The highest BCUT2D eigenvalue weighted by Crippen LogP contribution is 2.67.